The zero-order valence-corrected chi connectivity index (χ0v) is 8.47. The summed E-state index contributed by atoms with van der Waals surface area (Å²) in [5.41, 5.74) is 1.12. The molecule has 1 heterocycles. The lowest BCUT2D eigenvalue weighted by Crippen LogP contribution is -2.24. The van der Waals surface area contributed by atoms with Crippen LogP contribution in [0.2, 0.25) is 0 Å². The third-order valence-electron chi connectivity index (χ3n) is 1.86. The molecule has 5 nitrogen and oxygen atoms in total. The maximum Gasteiger partial charge on any atom is 0.275 e. The molecule has 0 saturated carbocycles. The van der Waals surface area contributed by atoms with E-state index < -0.39 is 15.4 Å². The summed E-state index contributed by atoms with van der Waals surface area (Å²) in [5.74, 6) is 0. The molecule has 2 rings (SSSR count). The molecule has 0 saturated heterocycles. The van der Waals surface area contributed by atoms with Crippen LogP contribution in [0.15, 0.2) is 28.9 Å². The van der Waals surface area contributed by atoms with Crippen molar-refractivity contribution in [1.82, 2.24) is 5.32 Å². The SMILES string of the molecule is O=S(=O)(O)C1C=CC2=NC(=S)NC2=C1. The first-order valence-electron chi connectivity index (χ1n) is 3.73. The number of allylic oxidation sites excluding steroid dienone is 1. The van der Waals surface area contributed by atoms with Gasteiger partial charge in [-0.25, -0.2) is 4.99 Å². The average Bonchev–Trinajstić information content (AvgIpc) is 2.41. The summed E-state index contributed by atoms with van der Waals surface area (Å²) in [6, 6.07) is 0. The molecule has 0 spiro atoms. The molecule has 14 heavy (non-hydrogen) atoms. The molecule has 0 bridgehead atoms. The van der Waals surface area contributed by atoms with Crippen molar-refractivity contribution in [3.8, 4) is 0 Å². The highest BCUT2D eigenvalue weighted by molar-refractivity contribution is 7.86. The van der Waals surface area contributed by atoms with Gasteiger partial charge in [-0.1, -0.05) is 6.08 Å². The van der Waals surface area contributed by atoms with Crippen molar-refractivity contribution in [2.75, 3.05) is 0 Å². The second-order valence-electron chi connectivity index (χ2n) is 2.85. The second kappa shape index (κ2) is 2.97. The molecule has 7 heteroatoms. The van der Waals surface area contributed by atoms with Crippen LogP contribution < -0.4 is 5.32 Å². The van der Waals surface area contributed by atoms with E-state index in [-0.39, 0.29) is 0 Å². The Morgan fingerprint density at radius 2 is 2.29 bits per heavy atom. The number of hydrogen-bond acceptors (Lipinski definition) is 3. The topological polar surface area (TPSA) is 78.8 Å². The van der Waals surface area contributed by atoms with Gasteiger partial charge in [0.2, 0.25) is 0 Å². The van der Waals surface area contributed by atoms with Gasteiger partial charge in [-0.3, -0.25) is 4.55 Å². The predicted octanol–water partition coefficient (Wildman–Crippen LogP) is 0.0256. The highest BCUT2D eigenvalue weighted by atomic mass is 32.2. The lowest BCUT2D eigenvalue weighted by Gasteiger charge is -2.10. The van der Waals surface area contributed by atoms with Crippen LogP contribution in [0.3, 0.4) is 0 Å². The molecule has 0 fully saturated rings. The van der Waals surface area contributed by atoms with Gasteiger partial charge in [-0.05, 0) is 24.4 Å². The van der Waals surface area contributed by atoms with Gasteiger partial charge in [0.1, 0.15) is 5.25 Å². The van der Waals surface area contributed by atoms with Gasteiger partial charge in [-0.2, -0.15) is 8.42 Å². The van der Waals surface area contributed by atoms with Crippen molar-refractivity contribution in [2.45, 2.75) is 5.25 Å². The number of nitrogens with one attached hydrogen (secondary N) is 1. The van der Waals surface area contributed by atoms with Gasteiger partial charge in [0.15, 0.2) is 5.11 Å². The molecule has 2 aliphatic rings. The second-order valence-corrected chi connectivity index (χ2v) is 4.81. The zero-order chi connectivity index (χ0) is 10.3. The average molecular weight is 230 g/mol. The third-order valence-corrected chi connectivity index (χ3v) is 3.03. The van der Waals surface area contributed by atoms with Gasteiger partial charge in [0.25, 0.3) is 10.1 Å². The molecular weight excluding hydrogens is 224 g/mol. The molecule has 0 aromatic heterocycles. The molecule has 0 aromatic rings. The van der Waals surface area contributed by atoms with Crippen LogP contribution in [-0.2, 0) is 10.1 Å². The van der Waals surface area contributed by atoms with Crippen LogP contribution in [0.25, 0.3) is 0 Å². The molecule has 1 unspecified atom stereocenters. The highest BCUT2D eigenvalue weighted by Crippen LogP contribution is 2.16. The number of fused-ring (bicyclic) bond motifs is 1. The molecule has 0 amide bonds. The van der Waals surface area contributed by atoms with Gasteiger partial charge >= 0.3 is 0 Å². The molecule has 0 aromatic carbocycles. The van der Waals surface area contributed by atoms with Gasteiger partial charge in [0, 0.05) is 0 Å². The van der Waals surface area contributed by atoms with Crippen LogP contribution in [-0.4, -0.2) is 29.0 Å². The number of aliphatic imine (C=N–C) groups is 1. The van der Waals surface area contributed by atoms with Crippen molar-refractivity contribution >= 4 is 33.2 Å². The lowest BCUT2D eigenvalue weighted by atomic mass is 10.1. The van der Waals surface area contributed by atoms with Crippen molar-refractivity contribution in [1.29, 1.82) is 0 Å². The first kappa shape index (κ1) is 9.50. The Hall–Kier alpha value is -1.05. The first-order valence-corrected chi connectivity index (χ1v) is 5.64. The monoisotopic (exact) mass is 230 g/mol. The summed E-state index contributed by atoms with van der Waals surface area (Å²) in [7, 11) is -4.08. The highest BCUT2D eigenvalue weighted by Gasteiger charge is 2.26. The Balaban J connectivity index is 2.39. The van der Waals surface area contributed by atoms with E-state index in [2.05, 4.69) is 10.3 Å². The van der Waals surface area contributed by atoms with Crippen LogP contribution in [0.1, 0.15) is 0 Å². The quantitative estimate of drug-likeness (QED) is 0.490. The summed E-state index contributed by atoms with van der Waals surface area (Å²) in [5, 5.41) is 1.99. The summed E-state index contributed by atoms with van der Waals surface area (Å²) in [6.07, 6.45) is 4.24. The van der Waals surface area contributed by atoms with E-state index in [1.54, 1.807) is 0 Å². The summed E-state index contributed by atoms with van der Waals surface area (Å²) >= 11 is 4.78. The van der Waals surface area contributed by atoms with Gasteiger partial charge in [0.05, 0.1) is 11.4 Å². The van der Waals surface area contributed by atoms with Crippen molar-refractivity contribution in [3.05, 3.63) is 23.9 Å². The summed E-state index contributed by atoms with van der Waals surface area (Å²) in [4.78, 5) is 3.93. The van der Waals surface area contributed by atoms with E-state index >= 15 is 0 Å². The Bertz CT molecular complexity index is 487. The van der Waals surface area contributed by atoms with Crippen molar-refractivity contribution in [2.24, 2.45) is 4.99 Å². The normalized spacial score (nSPS) is 25.2. The van der Waals surface area contributed by atoms with E-state index in [0.717, 1.165) is 0 Å². The summed E-state index contributed by atoms with van der Waals surface area (Å²) < 4.78 is 30.4. The first-order chi connectivity index (χ1) is 6.47. The maximum atomic E-state index is 10.8. The zero-order valence-electron chi connectivity index (χ0n) is 6.84. The van der Waals surface area contributed by atoms with E-state index in [9.17, 15) is 8.42 Å². The van der Waals surface area contributed by atoms with Crippen LogP contribution in [0.4, 0.5) is 0 Å². The smallest absolute Gasteiger partial charge is 0.275 e. The molecule has 1 aliphatic carbocycles. The number of rotatable bonds is 1. The Kier molecular flexibility index (Phi) is 2.02. The van der Waals surface area contributed by atoms with Crippen LogP contribution >= 0.6 is 12.2 Å². The number of hydrogen-bond donors (Lipinski definition) is 2. The molecular formula is C7H6N2O3S2. The minimum absolute atomic E-state index is 0.298. The molecule has 1 atom stereocenters. The predicted molar refractivity (Wildman–Crippen MR) is 55.7 cm³/mol. The minimum atomic E-state index is -4.08. The largest absolute Gasteiger partial charge is 0.329 e. The fourth-order valence-corrected chi connectivity index (χ4v) is 2.02. The van der Waals surface area contributed by atoms with Gasteiger partial charge in [-0.15, -0.1) is 0 Å². The fraction of sp³-hybridized carbons (Fsp3) is 0.143. The third kappa shape index (κ3) is 1.61. The Morgan fingerprint density at radius 3 is 2.93 bits per heavy atom. The Morgan fingerprint density at radius 1 is 1.57 bits per heavy atom. The summed E-state index contributed by atoms with van der Waals surface area (Å²) in [6.45, 7) is 0. The van der Waals surface area contributed by atoms with E-state index in [1.165, 1.54) is 18.2 Å². The van der Waals surface area contributed by atoms with Crippen LogP contribution in [0, 0.1) is 0 Å². The maximum absolute atomic E-state index is 10.8. The molecule has 1 aliphatic heterocycles. The number of nitrogens with zero attached hydrogens (tertiary/aromatic N) is 1. The van der Waals surface area contributed by atoms with E-state index in [1.807, 2.05) is 0 Å². The molecule has 0 radical (unpaired) electrons. The van der Waals surface area contributed by atoms with Crippen molar-refractivity contribution in [3.63, 3.8) is 0 Å². The van der Waals surface area contributed by atoms with Gasteiger partial charge < -0.3 is 5.32 Å². The molecule has 74 valence electrons. The molecule has 2 N–H and O–H groups in total. The minimum Gasteiger partial charge on any atom is -0.329 e. The van der Waals surface area contributed by atoms with Crippen molar-refractivity contribution < 1.29 is 13.0 Å². The van der Waals surface area contributed by atoms with E-state index in [0.29, 0.717) is 16.5 Å². The standard InChI is InChI=1S/C7H6N2O3S2/c10-14(11,12)4-1-2-5-6(3-4)9-7(13)8-5/h1-4H,(H,9,13)(H,10,11,12). The lowest BCUT2D eigenvalue weighted by molar-refractivity contribution is 0.480. The van der Waals surface area contributed by atoms with Crippen LogP contribution in [0.5, 0.6) is 0 Å². The fourth-order valence-electron chi connectivity index (χ4n) is 1.22. The number of thiocarbonyl (C=S) groups is 1. The Labute approximate surface area is 86.0 Å². The van der Waals surface area contributed by atoms with E-state index in [4.69, 9.17) is 16.8 Å².